The average molecular weight is 501 g/mol. The number of rotatable bonds is 8. The minimum absolute atomic E-state index is 0.512. The SMILES string of the molecule is CC(=NC1C(C)CCC2CCCCC21)C(CCCO[Si](C)(C)C)=NC1C(C)CCC2CCCCC21. The van der Waals surface area contributed by atoms with Gasteiger partial charge in [0, 0.05) is 6.61 Å². The maximum absolute atomic E-state index is 6.24. The van der Waals surface area contributed by atoms with Gasteiger partial charge in [-0.2, -0.15) is 0 Å². The van der Waals surface area contributed by atoms with E-state index in [1.165, 1.54) is 88.5 Å². The Kier molecular flexibility index (Phi) is 9.74. The van der Waals surface area contributed by atoms with E-state index < -0.39 is 8.32 Å². The molecule has 4 fully saturated rings. The van der Waals surface area contributed by atoms with Crippen LogP contribution >= 0.6 is 0 Å². The van der Waals surface area contributed by atoms with Crippen LogP contribution < -0.4 is 0 Å². The quantitative estimate of drug-likeness (QED) is 0.186. The molecule has 0 bridgehead atoms. The van der Waals surface area contributed by atoms with E-state index in [1.807, 2.05) is 0 Å². The summed E-state index contributed by atoms with van der Waals surface area (Å²) < 4.78 is 6.24. The van der Waals surface area contributed by atoms with Gasteiger partial charge in [0.05, 0.1) is 23.5 Å². The Morgan fingerprint density at radius 1 is 0.714 bits per heavy atom. The summed E-state index contributed by atoms with van der Waals surface area (Å²) in [6.07, 6.45) is 19.1. The first-order valence-corrected chi connectivity index (χ1v) is 18.9. The van der Waals surface area contributed by atoms with Crippen molar-refractivity contribution in [3.8, 4) is 0 Å². The molecule has 3 nitrogen and oxygen atoms in total. The second kappa shape index (κ2) is 12.4. The van der Waals surface area contributed by atoms with E-state index in [9.17, 15) is 0 Å². The summed E-state index contributed by atoms with van der Waals surface area (Å²) in [7, 11) is -1.47. The van der Waals surface area contributed by atoms with Crippen LogP contribution in [0.5, 0.6) is 0 Å². The lowest BCUT2D eigenvalue weighted by atomic mass is 9.65. The molecule has 200 valence electrons. The van der Waals surface area contributed by atoms with Gasteiger partial charge >= 0.3 is 0 Å². The van der Waals surface area contributed by atoms with E-state index in [2.05, 4.69) is 40.4 Å². The Bertz CT molecular complexity index is 741. The Balaban J connectivity index is 1.56. The molecule has 0 heterocycles. The van der Waals surface area contributed by atoms with Crippen LogP contribution in [0, 0.1) is 35.5 Å². The van der Waals surface area contributed by atoms with Crippen LogP contribution in [0.15, 0.2) is 9.98 Å². The van der Waals surface area contributed by atoms with Gasteiger partial charge in [0.25, 0.3) is 0 Å². The van der Waals surface area contributed by atoms with Crippen molar-refractivity contribution >= 4 is 19.7 Å². The zero-order valence-corrected chi connectivity index (χ0v) is 25.0. The van der Waals surface area contributed by atoms with Crippen LogP contribution in [-0.2, 0) is 4.43 Å². The molecule has 4 heteroatoms. The standard InChI is InChI=1S/C31H56N2OSi/c1-22-17-19-25-12-7-9-14-27(25)30(22)32-24(3)29(16-11-21-34-35(4,5)6)33-31-23(2)18-20-26-13-8-10-15-28(26)31/h22-23,25-28,30-31H,7-21H2,1-6H3. The molecule has 8 atom stereocenters. The van der Waals surface area contributed by atoms with Gasteiger partial charge in [0.2, 0.25) is 0 Å². The molecule has 0 spiro atoms. The van der Waals surface area contributed by atoms with Gasteiger partial charge in [0.15, 0.2) is 8.32 Å². The Morgan fingerprint density at radius 3 is 1.77 bits per heavy atom. The first kappa shape index (κ1) is 27.5. The van der Waals surface area contributed by atoms with Gasteiger partial charge in [-0.3, -0.25) is 9.98 Å². The lowest BCUT2D eigenvalue weighted by Gasteiger charge is -2.44. The van der Waals surface area contributed by atoms with E-state index in [1.54, 1.807) is 0 Å². The second-order valence-corrected chi connectivity index (χ2v) is 18.4. The largest absolute Gasteiger partial charge is 0.418 e. The van der Waals surface area contributed by atoms with Crippen molar-refractivity contribution in [1.29, 1.82) is 0 Å². The molecule has 0 aromatic rings. The molecule has 0 radical (unpaired) electrons. The van der Waals surface area contributed by atoms with Crippen LogP contribution in [-0.4, -0.2) is 38.4 Å². The van der Waals surface area contributed by atoms with E-state index in [-0.39, 0.29) is 0 Å². The molecule has 4 saturated carbocycles. The van der Waals surface area contributed by atoms with Crippen LogP contribution in [0.2, 0.25) is 19.6 Å². The third-order valence-electron chi connectivity index (χ3n) is 10.1. The summed E-state index contributed by atoms with van der Waals surface area (Å²) in [5.74, 6) is 4.90. The number of fused-ring (bicyclic) bond motifs is 2. The first-order valence-electron chi connectivity index (χ1n) is 15.5. The lowest BCUT2D eigenvalue weighted by molar-refractivity contribution is 0.110. The molecule has 35 heavy (non-hydrogen) atoms. The maximum Gasteiger partial charge on any atom is 0.183 e. The highest BCUT2D eigenvalue weighted by Gasteiger charge is 2.40. The third-order valence-corrected chi connectivity index (χ3v) is 11.2. The molecule has 0 N–H and O–H groups in total. The highest BCUT2D eigenvalue weighted by molar-refractivity contribution is 6.69. The zero-order chi connectivity index (χ0) is 25.0. The number of hydrogen-bond acceptors (Lipinski definition) is 3. The number of hydrogen-bond donors (Lipinski definition) is 0. The van der Waals surface area contributed by atoms with Crippen LogP contribution in [0.25, 0.3) is 0 Å². The van der Waals surface area contributed by atoms with Gasteiger partial charge in [-0.15, -0.1) is 0 Å². The predicted molar refractivity (Wildman–Crippen MR) is 154 cm³/mol. The van der Waals surface area contributed by atoms with Gasteiger partial charge in [-0.1, -0.05) is 52.4 Å². The van der Waals surface area contributed by atoms with Crippen molar-refractivity contribution < 1.29 is 4.43 Å². The van der Waals surface area contributed by atoms with Crippen molar-refractivity contribution in [3.05, 3.63) is 0 Å². The highest BCUT2D eigenvalue weighted by atomic mass is 28.4. The van der Waals surface area contributed by atoms with Gasteiger partial charge in [-0.25, -0.2) is 0 Å². The summed E-state index contributed by atoms with van der Waals surface area (Å²) in [4.78, 5) is 11.2. The fourth-order valence-electron chi connectivity index (χ4n) is 8.11. The zero-order valence-electron chi connectivity index (χ0n) is 24.0. The maximum atomic E-state index is 6.24. The molecule has 4 aliphatic rings. The fraction of sp³-hybridized carbons (Fsp3) is 0.935. The number of aliphatic imine (C=N–C) groups is 2. The predicted octanol–water partition coefficient (Wildman–Crippen LogP) is 8.73. The van der Waals surface area contributed by atoms with Crippen LogP contribution in [0.4, 0.5) is 0 Å². The molecular formula is C31H56N2OSi. The fourth-order valence-corrected chi connectivity index (χ4v) is 8.87. The average Bonchev–Trinajstić information content (AvgIpc) is 2.83. The van der Waals surface area contributed by atoms with E-state index >= 15 is 0 Å². The Hall–Kier alpha value is -0.483. The summed E-state index contributed by atoms with van der Waals surface area (Å²) in [6.45, 7) is 15.0. The molecule has 0 aromatic carbocycles. The van der Waals surface area contributed by atoms with Crippen molar-refractivity contribution in [1.82, 2.24) is 0 Å². The molecule has 0 aliphatic heterocycles. The molecule has 0 saturated heterocycles. The molecular weight excluding hydrogens is 444 g/mol. The molecule has 0 aromatic heterocycles. The van der Waals surface area contributed by atoms with Crippen LogP contribution in [0.3, 0.4) is 0 Å². The highest BCUT2D eigenvalue weighted by Crippen LogP contribution is 2.45. The smallest absolute Gasteiger partial charge is 0.183 e. The minimum Gasteiger partial charge on any atom is -0.418 e. The molecule has 8 unspecified atom stereocenters. The van der Waals surface area contributed by atoms with Crippen molar-refractivity contribution in [3.63, 3.8) is 0 Å². The van der Waals surface area contributed by atoms with E-state index in [4.69, 9.17) is 14.4 Å². The summed E-state index contributed by atoms with van der Waals surface area (Å²) in [5.41, 5.74) is 2.60. The monoisotopic (exact) mass is 500 g/mol. The molecule has 4 rings (SSSR count). The van der Waals surface area contributed by atoms with Crippen molar-refractivity contribution in [2.75, 3.05) is 6.61 Å². The third kappa shape index (κ3) is 7.30. The van der Waals surface area contributed by atoms with Crippen LogP contribution in [0.1, 0.15) is 111 Å². The first-order chi connectivity index (χ1) is 16.7. The number of nitrogens with zero attached hydrogens (tertiary/aromatic N) is 2. The molecule has 0 amide bonds. The Morgan fingerprint density at radius 2 is 1.23 bits per heavy atom. The lowest BCUT2D eigenvalue weighted by Crippen LogP contribution is -2.40. The van der Waals surface area contributed by atoms with Crippen molar-refractivity contribution in [2.24, 2.45) is 45.5 Å². The summed E-state index contributed by atoms with van der Waals surface area (Å²) in [6, 6.07) is 1.03. The summed E-state index contributed by atoms with van der Waals surface area (Å²) >= 11 is 0. The molecule has 4 aliphatic carbocycles. The second-order valence-electron chi connectivity index (χ2n) is 13.9. The van der Waals surface area contributed by atoms with E-state index in [0.29, 0.717) is 18.0 Å². The van der Waals surface area contributed by atoms with Gasteiger partial charge in [-0.05, 0) is 113 Å². The normalized spacial score (nSPS) is 39.1. The van der Waals surface area contributed by atoms with Gasteiger partial charge < -0.3 is 4.43 Å². The van der Waals surface area contributed by atoms with Gasteiger partial charge in [0.1, 0.15) is 0 Å². The summed E-state index contributed by atoms with van der Waals surface area (Å²) in [5, 5.41) is 0. The minimum atomic E-state index is -1.47. The van der Waals surface area contributed by atoms with Crippen molar-refractivity contribution in [2.45, 2.75) is 142 Å². The Labute approximate surface area is 218 Å². The van der Waals surface area contributed by atoms with E-state index in [0.717, 1.165) is 49.0 Å². The topological polar surface area (TPSA) is 34.0 Å².